The summed E-state index contributed by atoms with van der Waals surface area (Å²) < 4.78 is 32.7. The van der Waals surface area contributed by atoms with E-state index >= 15 is 0 Å². The van der Waals surface area contributed by atoms with Crippen LogP contribution in [-0.4, -0.2) is 69.8 Å². The quantitative estimate of drug-likeness (QED) is 0.732. The molecule has 1 aliphatic rings. The van der Waals surface area contributed by atoms with Crippen molar-refractivity contribution >= 4 is 39.1 Å². The number of halogens is 1. The van der Waals surface area contributed by atoms with Crippen LogP contribution in [0.3, 0.4) is 0 Å². The summed E-state index contributed by atoms with van der Waals surface area (Å²) in [6, 6.07) is 9.08. The van der Waals surface area contributed by atoms with Gasteiger partial charge in [-0.15, -0.1) is 0 Å². The highest BCUT2D eigenvalue weighted by atomic mass is 35.5. The summed E-state index contributed by atoms with van der Waals surface area (Å²) in [5.41, 5.74) is 1.33. The Bertz CT molecular complexity index is 1110. The molecule has 8 nitrogen and oxygen atoms in total. The van der Waals surface area contributed by atoms with Crippen molar-refractivity contribution in [2.75, 3.05) is 45.7 Å². The zero-order chi connectivity index (χ0) is 22.8. The van der Waals surface area contributed by atoms with Crippen LogP contribution in [0, 0.1) is 6.92 Å². The number of nitrogens with one attached hydrogen (secondary N) is 1. The number of hydrogen-bond donors (Lipinski definition) is 1. The number of anilines is 1. The van der Waals surface area contributed by atoms with Gasteiger partial charge in [0.1, 0.15) is 0 Å². The first kappa shape index (κ1) is 23.2. The molecule has 10 heteroatoms. The zero-order valence-corrected chi connectivity index (χ0v) is 19.1. The molecule has 1 saturated heterocycles. The van der Waals surface area contributed by atoms with E-state index in [0.29, 0.717) is 24.3 Å². The maximum absolute atomic E-state index is 13.1. The van der Waals surface area contributed by atoms with Crippen LogP contribution in [0.4, 0.5) is 5.69 Å². The van der Waals surface area contributed by atoms with Gasteiger partial charge in [0.25, 0.3) is 11.8 Å². The average molecular weight is 466 g/mol. The number of hydrogen-bond acceptors (Lipinski definition) is 5. The van der Waals surface area contributed by atoms with Crippen molar-refractivity contribution in [3.8, 4) is 0 Å². The summed E-state index contributed by atoms with van der Waals surface area (Å²) in [5, 5.41) is 2.93. The summed E-state index contributed by atoms with van der Waals surface area (Å²) in [5.74, 6) is -0.767. The van der Waals surface area contributed by atoms with Crippen molar-refractivity contribution < 1.29 is 22.7 Å². The Balaban J connectivity index is 1.89. The second-order valence-electron chi connectivity index (χ2n) is 7.35. The average Bonchev–Trinajstić information content (AvgIpc) is 2.75. The molecule has 0 saturated carbocycles. The first-order valence-corrected chi connectivity index (χ1v) is 11.4. The lowest BCUT2D eigenvalue weighted by Gasteiger charge is -2.26. The van der Waals surface area contributed by atoms with E-state index in [2.05, 4.69) is 5.32 Å². The second kappa shape index (κ2) is 9.35. The third-order valence-corrected chi connectivity index (χ3v) is 7.28. The van der Waals surface area contributed by atoms with Gasteiger partial charge in [0.15, 0.2) is 0 Å². The third kappa shape index (κ3) is 5.07. The van der Waals surface area contributed by atoms with Crippen LogP contribution in [0.1, 0.15) is 26.3 Å². The van der Waals surface area contributed by atoms with Gasteiger partial charge < -0.3 is 15.0 Å². The summed E-state index contributed by atoms with van der Waals surface area (Å²) in [6.07, 6.45) is 0. The van der Waals surface area contributed by atoms with Crippen molar-refractivity contribution in [3.63, 3.8) is 0 Å². The molecular formula is C21H24ClN3O5S. The summed E-state index contributed by atoms with van der Waals surface area (Å²) >= 11 is 6.19. The molecule has 0 spiro atoms. The fourth-order valence-electron chi connectivity index (χ4n) is 3.15. The van der Waals surface area contributed by atoms with E-state index in [1.165, 1.54) is 27.4 Å². The van der Waals surface area contributed by atoms with Gasteiger partial charge in [-0.1, -0.05) is 17.7 Å². The lowest BCUT2D eigenvalue weighted by atomic mass is 10.1. The topological polar surface area (TPSA) is 96.0 Å². The minimum absolute atomic E-state index is 0.0738. The van der Waals surface area contributed by atoms with Crippen LogP contribution in [-0.2, 0) is 14.8 Å². The second-order valence-corrected chi connectivity index (χ2v) is 9.66. The highest BCUT2D eigenvalue weighted by Crippen LogP contribution is 2.26. The van der Waals surface area contributed by atoms with Crippen molar-refractivity contribution in [1.82, 2.24) is 9.21 Å². The number of morpholine rings is 1. The number of nitrogens with zero attached hydrogens (tertiary/aromatic N) is 2. The van der Waals surface area contributed by atoms with Gasteiger partial charge in [0, 0.05) is 38.3 Å². The summed E-state index contributed by atoms with van der Waals surface area (Å²) in [4.78, 5) is 26.5. The highest BCUT2D eigenvalue weighted by Gasteiger charge is 2.28. The Hall–Kier alpha value is -2.46. The van der Waals surface area contributed by atoms with Crippen LogP contribution in [0.15, 0.2) is 41.3 Å². The number of sulfonamides is 1. The van der Waals surface area contributed by atoms with Gasteiger partial charge in [-0.05, 0) is 42.8 Å². The van der Waals surface area contributed by atoms with Crippen LogP contribution in [0.2, 0.25) is 5.02 Å². The van der Waals surface area contributed by atoms with E-state index in [1.807, 2.05) is 0 Å². The Morgan fingerprint density at radius 1 is 1.06 bits per heavy atom. The van der Waals surface area contributed by atoms with Crippen LogP contribution in [0.5, 0.6) is 0 Å². The minimum atomic E-state index is -3.76. The molecule has 3 rings (SSSR count). The first-order chi connectivity index (χ1) is 14.6. The smallest absolute Gasteiger partial charge is 0.255 e. The largest absolute Gasteiger partial charge is 0.379 e. The van der Waals surface area contributed by atoms with Crippen LogP contribution < -0.4 is 5.32 Å². The molecule has 0 aromatic heterocycles. The first-order valence-electron chi connectivity index (χ1n) is 9.62. The van der Waals surface area contributed by atoms with Gasteiger partial charge >= 0.3 is 0 Å². The molecule has 31 heavy (non-hydrogen) atoms. The van der Waals surface area contributed by atoms with E-state index in [0.717, 1.165) is 0 Å². The Labute approximate surface area is 186 Å². The fourth-order valence-corrected chi connectivity index (χ4v) is 4.98. The SMILES string of the molecule is Cc1ccc(C(=O)Nc2cc(C(=O)N(C)C)ccc2Cl)cc1S(=O)(=O)N1CCOCC1. The maximum atomic E-state index is 13.1. The van der Waals surface area contributed by atoms with E-state index < -0.39 is 15.9 Å². The number of benzene rings is 2. The van der Waals surface area contributed by atoms with Crippen LogP contribution >= 0.6 is 11.6 Å². The van der Waals surface area contributed by atoms with Crippen molar-refractivity contribution in [1.29, 1.82) is 0 Å². The molecule has 1 fully saturated rings. The molecule has 2 aromatic rings. The molecular weight excluding hydrogens is 442 g/mol. The molecule has 0 bridgehead atoms. The predicted molar refractivity (Wildman–Crippen MR) is 118 cm³/mol. The van der Waals surface area contributed by atoms with Crippen LogP contribution in [0.25, 0.3) is 0 Å². The van der Waals surface area contributed by atoms with E-state index in [1.54, 1.807) is 39.2 Å². The highest BCUT2D eigenvalue weighted by molar-refractivity contribution is 7.89. The zero-order valence-electron chi connectivity index (χ0n) is 17.5. The number of amides is 2. The summed E-state index contributed by atoms with van der Waals surface area (Å²) in [7, 11) is -0.514. The van der Waals surface area contributed by atoms with E-state index in [9.17, 15) is 18.0 Å². The van der Waals surface area contributed by atoms with Gasteiger partial charge in [0.05, 0.1) is 28.8 Å². The van der Waals surface area contributed by atoms with Gasteiger partial charge in [-0.3, -0.25) is 9.59 Å². The number of rotatable bonds is 5. The lowest BCUT2D eigenvalue weighted by molar-refractivity contribution is 0.0730. The van der Waals surface area contributed by atoms with Gasteiger partial charge in [-0.2, -0.15) is 4.31 Å². The monoisotopic (exact) mass is 465 g/mol. The standard InChI is InChI=1S/C21H24ClN3O5S/c1-14-4-5-15(13-19(14)31(28,29)25-8-10-30-11-9-25)20(26)23-18-12-16(6-7-17(18)22)21(27)24(2)3/h4-7,12-13H,8-11H2,1-3H3,(H,23,26). The molecule has 0 atom stereocenters. The Morgan fingerprint density at radius 3 is 2.35 bits per heavy atom. The molecule has 1 heterocycles. The molecule has 0 unspecified atom stereocenters. The molecule has 2 amide bonds. The predicted octanol–water partition coefficient (Wildman–Crippen LogP) is 2.62. The number of ether oxygens (including phenoxy) is 1. The third-order valence-electron chi connectivity index (χ3n) is 4.91. The van der Waals surface area contributed by atoms with Gasteiger partial charge in [-0.25, -0.2) is 8.42 Å². The molecule has 166 valence electrons. The molecule has 2 aromatic carbocycles. The number of carbonyl (C=O) groups excluding carboxylic acids is 2. The summed E-state index contributed by atoms with van der Waals surface area (Å²) in [6.45, 7) is 2.88. The van der Waals surface area contributed by atoms with E-state index in [-0.39, 0.29) is 40.2 Å². The number of aryl methyl sites for hydroxylation is 1. The molecule has 1 aliphatic heterocycles. The normalized spacial score (nSPS) is 14.8. The van der Waals surface area contributed by atoms with Crippen molar-refractivity contribution in [2.24, 2.45) is 0 Å². The van der Waals surface area contributed by atoms with E-state index in [4.69, 9.17) is 16.3 Å². The maximum Gasteiger partial charge on any atom is 0.255 e. The lowest BCUT2D eigenvalue weighted by Crippen LogP contribution is -2.40. The Morgan fingerprint density at radius 2 is 1.71 bits per heavy atom. The fraction of sp³-hybridized carbons (Fsp3) is 0.333. The minimum Gasteiger partial charge on any atom is -0.379 e. The molecule has 1 N–H and O–H groups in total. The van der Waals surface area contributed by atoms with Crippen molar-refractivity contribution in [2.45, 2.75) is 11.8 Å². The molecule has 0 aliphatic carbocycles. The Kier molecular flexibility index (Phi) is 7.00. The number of carbonyl (C=O) groups is 2. The van der Waals surface area contributed by atoms with Gasteiger partial charge in [0.2, 0.25) is 10.0 Å². The van der Waals surface area contributed by atoms with Crippen molar-refractivity contribution in [3.05, 3.63) is 58.1 Å². The molecule has 0 radical (unpaired) electrons.